The molecule has 7 heteroatoms. The van der Waals surface area contributed by atoms with Crippen LogP contribution in [0.25, 0.3) is 0 Å². The van der Waals surface area contributed by atoms with E-state index in [9.17, 15) is 22.5 Å². The van der Waals surface area contributed by atoms with Gasteiger partial charge in [-0.3, -0.25) is 0 Å². The van der Waals surface area contributed by atoms with E-state index in [-0.39, 0.29) is 29.9 Å². The van der Waals surface area contributed by atoms with Gasteiger partial charge in [-0.2, -0.15) is 5.26 Å². The lowest BCUT2D eigenvalue weighted by molar-refractivity contribution is 0.0230. The van der Waals surface area contributed by atoms with Crippen molar-refractivity contribution < 1.29 is 17.2 Å². The monoisotopic (exact) mass is 350 g/mol. The number of fused-ring (bicyclic) bond motifs is 1. The maximum atomic E-state index is 13.4. The largest absolute Gasteiger partial charge is 0.267 e. The molecule has 1 aromatic carbocycles. The van der Waals surface area contributed by atoms with Gasteiger partial charge in [-0.05, 0) is 43.5 Å². The van der Waals surface area contributed by atoms with Crippen LogP contribution in [0.1, 0.15) is 23.2 Å². The van der Waals surface area contributed by atoms with Crippen LogP contribution < -0.4 is 0 Å². The first kappa shape index (κ1) is 16.7. The predicted molar refractivity (Wildman–Crippen MR) is 84.3 cm³/mol. The molecular weight excluding hydrogens is 334 g/mol. The van der Waals surface area contributed by atoms with Gasteiger partial charge in [-0.15, -0.1) is 0 Å². The summed E-state index contributed by atoms with van der Waals surface area (Å²) >= 11 is 0. The van der Waals surface area contributed by atoms with E-state index in [1.165, 1.54) is 18.3 Å². The van der Waals surface area contributed by atoms with Crippen molar-refractivity contribution in [2.24, 2.45) is 5.41 Å². The number of rotatable bonds is 3. The Morgan fingerprint density at radius 2 is 1.92 bits per heavy atom. The summed E-state index contributed by atoms with van der Waals surface area (Å²) in [6, 6.07) is 9.69. The number of benzene rings is 1. The molecule has 0 saturated heterocycles. The fraction of sp³-hybridized carbons (Fsp3) is 0.353. The molecule has 1 heterocycles. The van der Waals surface area contributed by atoms with Crippen LogP contribution in [0.5, 0.6) is 0 Å². The predicted octanol–water partition coefficient (Wildman–Crippen LogP) is 3.30. The van der Waals surface area contributed by atoms with Gasteiger partial charge in [-0.25, -0.2) is 21.2 Å². The Labute approximate surface area is 139 Å². The van der Waals surface area contributed by atoms with Gasteiger partial charge in [0, 0.05) is 18.3 Å². The maximum Gasteiger partial charge on any atom is 0.267 e. The topological polar surface area (TPSA) is 62.9 Å². The van der Waals surface area contributed by atoms with Gasteiger partial charge in [0.1, 0.15) is 5.41 Å². The smallest absolute Gasteiger partial charge is 0.246 e. The van der Waals surface area contributed by atoms with E-state index in [2.05, 4.69) is 0 Å². The average molecular weight is 350 g/mol. The minimum Gasteiger partial charge on any atom is -0.246 e. The Balaban J connectivity index is 2.09. The quantitative estimate of drug-likeness (QED) is 0.853. The second-order valence-corrected chi connectivity index (χ2v) is 7.96. The molecule has 0 N–H and O–H groups in total. The van der Waals surface area contributed by atoms with Crippen molar-refractivity contribution in [1.29, 1.82) is 5.26 Å². The first-order valence-corrected chi connectivity index (χ1v) is 8.95. The summed E-state index contributed by atoms with van der Waals surface area (Å²) in [6.07, 6.45) is -1.40. The van der Waals surface area contributed by atoms with Crippen LogP contribution in [0.4, 0.5) is 8.78 Å². The SMILES string of the molecule is Cc1ccc(S(=O)(=O)n2ccc3c2C[C@@](C#N)(C(F)F)CC3)cc1. The molecule has 1 aliphatic carbocycles. The Morgan fingerprint density at radius 3 is 2.50 bits per heavy atom. The first-order valence-electron chi connectivity index (χ1n) is 7.51. The molecule has 0 bridgehead atoms. The molecule has 0 amide bonds. The molecule has 0 saturated carbocycles. The summed E-state index contributed by atoms with van der Waals surface area (Å²) in [4.78, 5) is 0.0941. The Bertz CT molecular complexity index is 911. The molecule has 1 aliphatic rings. The highest BCUT2D eigenvalue weighted by Gasteiger charge is 2.45. The molecule has 1 atom stereocenters. The molecular formula is C17H16F2N2O2S. The fourth-order valence-electron chi connectivity index (χ4n) is 3.03. The van der Waals surface area contributed by atoms with Crippen LogP contribution in [0, 0.1) is 23.7 Å². The van der Waals surface area contributed by atoms with Gasteiger partial charge in [0.25, 0.3) is 16.4 Å². The number of aryl methyl sites for hydroxylation is 2. The maximum absolute atomic E-state index is 13.4. The van der Waals surface area contributed by atoms with Crippen molar-refractivity contribution in [3.63, 3.8) is 0 Å². The van der Waals surface area contributed by atoms with E-state index < -0.39 is 21.9 Å². The van der Waals surface area contributed by atoms with E-state index >= 15 is 0 Å². The van der Waals surface area contributed by atoms with Crippen LogP contribution in [0.3, 0.4) is 0 Å². The molecule has 0 unspecified atom stereocenters. The highest BCUT2D eigenvalue weighted by Crippen LogP contribution is 2.41. The minimum atomic E-state index is -3.88. The average Bonchev–Trinajstić information content (AvgIpc) is 2.98. The Kier molecular flexibility index (Phi) is 3.96. The minimum absolute atomic E-state index is 0.0305. The molecule has 4 nitrogen and oxygen atoms in total. The molecule has 0 aliphatic heterocycles. The van der Waals surface area contributed by atoms with Gasteiger partial charge in [0.2, 0.25) is 0 Å². The summed E-state index contributed by atoms with van der Waals surface area (Å²) in [6.45, 7) is 1.85. The molecule has 0 fully saturated rings. The van der Waals surface area contributed by atoms with Crippen molar-refractivity contribution >= 4 is 10.0 Å². The summed E-state index contributed by atoms with van der Waals surface area (Å²) in [5, 5.41) is 9.23. The molecule has 0 spiro atoms. The van der Waals surface area contributed by atoms with Crippen LogP contribution in [0.15, 0.2) is 41.4 Å². The number of hydrogen-bond acceptors (Lipinski definition) is 3. The van der Waals surface area contributed by atoms with Crippen LogP contribution in [-0.2, 0) is 22.9 Å². The van der Waals surface area contributed by atoms with Crippen molar-refractivity contribution in [3.05, 3.63) is 53.3 Å². The van der Waals surface area contributed by atoms with Crippen molar-refractivity contribution in [1.82, 2.24) is 3.97 Å². The number of halogens is 2. The number of nitrogens with zero attached hydrogens (tertiary/aromatic N) is 2. The standard InChI is InChI=1S/C17H16F2N2O2S/c1-12-2-4-14(5-3-12)24(22,23)21-9-7-13-6-8-17(11-20,16(18)19)10-15(13)21/h2-5,7,9,16H,6,8,10H2,1H3/t17-/m0/s1. The van der Waals surface area contributed by atoms with E-state index in [1.54, 1.807) is 24.3 Å². The van der Waals surface area contributed by atoms with Crippen molar-refractivity contribution in [3.8, 4) is 6.07 Å². The summed E-state index contributed by atoms with van der Waals surface area (Å²) in [7, 11) is -3.88. The van der Waals surface area contributed by atoms with E-state index in [0.29, 0.717) is 5.56 Å². The van der Waals surface area contributed by atoms with Crippen molar-refractivity contribution in [2.45, 2.75) is 37.5 Å². The molecule has 1 aromatic heterocycles. The van der Waals surface area contributed by atoms with Crippen molar-refractivity contribution in [2.75, 3.05) is 0 Å². The molecule has 24 heavy (non-hydrogen) atoms. The fourth-order valence-corrected chi connectivity index (χ4v) is 4.43. The second kappa shape index (κ2) is 5.71. The van der Waals surface area contributed by atoms with Gasteiger partial charge >= 0.3 is 0 Å². The molecule has 3 rings (SSSR count). The third-order valence-electron chi connectivity index (χ3n) is 4.59. The number of alkyl halides is 2. The highest BCUT2D eigenvalue weighted by atomic mass is 32.2. The lowest BCUT2D eigenvalue weighted by atomic mass is 9.75. The summed E-state index contributed by atoms with van der Waals surface area (Å²) < 4.78 is 53.5. The van der Waals surface area contributed by atoms with Gasteiger partial charge in [-0.1, -0.05) is 17.7 Å². The normalized spacial score (nSPS) is 20.6. The van der Waals surface area contributed by atoms with Crippen LogP contribution in [0.2, 0.25) is 0 Å². The molecule has 0 radical (unpaired) electrons. The molecule has 2 aromatic rings. The summed E-state index contributed by atoms with van der Waals surface area (Å²) in [5.41, 5.74) is 0.0805. The first-order chi connectivity index (χ1) is 11.3. The molecule has 126 valence electrons. The number of aromatic nitrogens is 1. The van der Waals surface area contributed by atoms with E-state index in [0.717, 1.165) is 9.54 Å². The lowest BCUT2D eigenvalue weighted by Crippen LogP contribution is -2.35. The highest BCUT2D eigenvalue weighted by molar-refractivity contribution is 7.90. The third-order valence-corrected chi connectivity index (χ3v) is 6.32. The lowest BCUT2D eigenvalue weighted by Gasteiger charge is -2.30. The zero-order valence-corrected chi connectivity index (χ0v) is 13.9. The van der Waals surface area contributed by atoms with Gasteiger partial charge in [0.15, 0.2) is 0 Å². The Hall–Kier alpha value is -2.20. The van der Waals surface area contributed by atoms with Gasteiger partial charge in [0.05, 0.1) is 11.0 Å². The zero-order chi connectivity index (χ0) is 17.5. The number of nitriles is 1. The summed E-state index contributed by atoms with van der Waals surface area (Å²) in [5.74, 6) is 0. The van der Waals surface area contributed by atoms with E-state index in [4.69, 9.17) is 0 Å². The Morgan fingerprint density at radius 1 is 1.25 bits per heavy atom. The van der Waals surface area contributed by atoms with Crippen LogP contribution in [-0.4, -0.2) is 18.8 Å². The second-order valence-electron chi connectivity index (χ2n) is 6.15. The zero-order valence-electron chi connectivity index (χ0n) is 13.0. The van der Waals surface area contributed by atoms with E-state index in [1.807, 2.05) is 6.92 Å². The number of hydrogen-bond donors (Lipinski definition) is 0. The van der Waals surface area contributed by atoms with Crippen LogP contribution >= 0.6 is 0 Å². The third kappa shape index (κ3) is 2.51. The van der Waals surface area contributed by atoms with Gasteiger partial charge < -0.3 is 0 Å².